The Balaban J connectivity index is 2.97. The average molecular weight is 398 g/mol. The van der Waals surface area contributed by atoms with Crippen LogP contribution in [0.5, 0.6) is 0 Å². The van der Waals surface area contributed by atoms with Crippen molar-refractivity contribution in [2.45, 2.75) is 92.9 Å². The zero-order valence-corrected chi connectivity index (χ0v) is 16.0. The van der Waals surface area contributed by atoms with E-state index in [9.17, 15) is 4.79 Å². The Hall–Kier alpha value is 0.260. The van der Waals surface area contributed by atoms with E-state index in [0.29, 0.717) is 6.42 Å². The van der Waals surface area contributed by atoms with E-state index < -0.39 is 0 Å². The minimum atomic E-state index is -0.0514. The second kappa shape index (κ2) is 17.3. The molecule has 3 heteroatoms. The Kier molecular flexibility index (Phi) is 17.5. The molecule has 0 aromatic heterocycles. The summed E-state index contributed by atoms with van der Waals surface area (Å²) in [7, 11) is 1.47. The van der Waals surface area contributed by atoms with Gasteiger partial charge in [-0.15, -0.1) is 0 Å². The second-order valence-electron chi connectivity index (χ2n) is 5.47. The molecule has 0 rings (SSSR count). The van der Waals surface area contributed by atoms with E-state index in [-0.39, 0.29) is 26.9 Å². The van der Waals surface area contributed by atoms with Gasteiger partial charge < -0.3 is 0 Å². The van der Waals surface area contributed by atoms with Crippen LogP contribution in [0.25, 0.3) is 0 Å². The Bertz CT molecular complexity index is 207. The van der Waals surface area contributed by atoms with E-state index in [0.717, 1.165) is 6.42 Å². The predicted octanol–water partition coefficient (Wildman–Crippen LogP) is 5.40. The van der Waals surface area contributed by atoms with E-state index in [2.05, 4.69) is 11.7 Å². The van der Waals surface area contributed by atoms with Gasteiger partial charge in [0.15, 0.2) is 0 Å². The van der Waals surface area contributed by atoms with Crippen molar-refractivity contribution < 1.29 is 9.53 Å². The van der Waals surface area contributed by atoms with Crippen LogP contribution in [0.2, 0.25) is 8.94 Å². The molecule has 0 amide bonds. The van der Waals surface area contributed by atoms with Crippen LogP contribution in [0.4, 0.5) is 0 Å². The van der Waals surface area contributed by atoms with Crippen molar-refractivity contribution in [2.24, 2.45) is 0 Å². The second-order valence-corrected chi connectivity index (χ2v) is 8.97. The predicted molar refractivity (Wildman–Crippen MR) is 88.5 cm³/mol. The topological polar surface area (TPSA) is 26.3 Å². The van der Waals surface area contributed by atoms with E-state index >= 15 is 0 Å². The summed E-state index contributed by atoms with van der Waals surface area (Å²) < 4.78 is 7.54. The quantitative estimate of drug-likeness (QED) is 0.210. The standard InChI is InChI=1S/C17H34O2Te/c1-3-4-5-6-7-8-9-10-12-15-20-16-13-11-14-17(18)19-2/h3-16H2,1-2H3. The first kappa shape index (κ1) is 20.3. The molecule has 0 saturated carbocycles. The van der Waals surface area contributed by atoms with Gasteiger partial charge in [-0.2, -0.15) is 0 Å². The molecule has 0 spiro atoms. The normalized spacial score (nSPS) is 10.7. The molecule has 0 atom stereocenters. The summed E-state index contributed by atoms with van der Waals surface area (Å²) in [5.41, 5.74) is 0. The van der Waals surface area contributed by atoms with Crippen molar-refractivity contribution in [1.29, 1.82) is 0 Å². The summed E-state index contributed by atoms with van der Waals surface area (Å²) >= 11 is 0.232. The summed E-state index contributed by atoms with van der Waals surface area (Å²) in [5, 5.41) is 0. The van der Waals surface area contributed by atoms with Gasteiger partial charge in [-0.1, -0.05) is 0 Å². The van der Waals surface area contributed by atoms with Crippen molar-refractivity contribution >= 4 is 26.9 Å². The monoisotopic (exact) mass is 400 g/mol. The number of carbonyl (C=O) groups excluding carboxylic acids is 1. The minimum absolute atomic E-state index is 0.0514. The van der Waals surface area contributed by atoms with Crippen LogP contribution in [0.1, 0.15) is 84.0 Å². The molecule has 20 heavy (non-hydrogen) atoms. The van der Waals surface area contributed by atoms with Gasteiger partial charge >= 0.3 is 136 Å². The van der Waals surface area contributed by atoms with Gasteiger partial charge in [-0.3, -0.25) is 0 Å². The Morgan fingerprint density at radius 2 is 1.30 bits per heavy atom. The van der Waals surface area contributed by atoms with E-state index in [1.54, 1.807) is 0 Å². The van der Waals surface area contributed by atoms with Gasteiger partial charge in [0.1, 0.15) is 0 Å². The molecule has 0 aliphatic heterocycles. The SMILES string of the molecule is CCCCCCCCCCC[Te]CCCCC(=O)OC. The first-order valence-electron chi connectivity index (χ1n) is 8.45. The molecule has 0 aliphatic rings. The van der Waals surface area contributed by atoms with E-state index in [1.807, 2.05) is 0 Å². The number of esters is 1. The number of hydrogen-bond donors (Lipinski definition) is 0. The molecule has 0 aromatic rings. The van der Waals surface area contributed by atoms with Gasteiger partial charge in [-0.25, -0.2) is 0 Å². The average Bonchev–Trinajstić information content (AvgIpc) is 2.47. The summed E-state index contributed by atoms with van der Waals surface area (Å²) in [6, 6.07) is 0. The van der Waals surface area contributed by atoms with Crippen LogP contribution in [-0.4, -0.2) is 34.0 Å². The number of carbonyl (C=O) groups is 1. The maximum atomic E-state index is 10.9. The van der Waals surface area contributed by atoms with Crippen molar-refractivity contribution in [2.75, 3.05) is 7.11 Å². The van der Waals surface area contributed by atoms with Gasteiger partial charge in [0.2, 0.25) is 0 Å². The van der Waals surface area contributed by atoms with E-state index in [4.69, 9.17) is 0 Å². The van der Waals surface area contributed by atoms with Gasteiger partial charge in [0.25, 0.3) is 0 Å². The molecule has 2 nitrogen and oxygen atoms in total. The summed E-state index contributed by atoms with van der Waals surface area (Å²) in [5.74, 6) is -0.0514. The molecule has 0 radical (unpaired) electrons. The van der Waals surface area contributed by atoms with Crippen molar-refractivity contribution in [3.05, 3.63) is 0 Å². The van der Waals surface area contributed by atoms with E-state index in [1.165, 1.54) is 80.3 Å². The third-order valence-electron chi connectivity index (χ3n) is 3.54. The van der Waals surface area contributed by atoms with Crippen molar-refractivity contribution in [3.63, 3.8) is 0 Å². The zero-order valence-electron chi connectivity index (χ0n) is 13.6. The molecule has 0 aliphatic carbocycles. The summed E-state index contributed by atoms with van der Waals surface area (Å²) in [6.07, 6.45) is 15.8. The third kappa shape index (κ3) is 16.3. The Morgan fingerprint density at radius 3 is 1.85 bits per heavy atom. The van der Waals surface area contributed by atoms with Crippen LogP contribution in [-0.2, 0) is 9.53 Å². The fraction of sp³-hybridized carbons (Fsp3) is 0.941. The van der Waals surface area contributed by atoms with Gasteiger partial charge in [0.05, 0.1) is 0 Å². The number of hydrogen-bond acceptors (Lipinski definition) is 2. The number of ether oxygens (including phenoxy) is 1. The molecular weight excluding hydrogens is 364 g/mol. The molecule has 0 saturated heterocycles. The maximum absolute atomic E-state index is 10.9. The molecular formula is C17H34O2Te. The first-order valence-corrected chi connectivity index (χ1v) is 11.8. The third-order valence-corrected chi connectivity index (χ3v) is 6.84. The van der Waals surface area contributed by atoms with Crippen LogP contribution >= 0.6 is 0 Å². The summed E-state index contributed by atoms with van der Waals surface area (Å²) in [4.78, 5) is 10.9. The fourth-order valence-electron chi connectivity index (χ4n) is 2.19. The van der Waals surface area contributed by atoms with Crippen molar-refractivity contribution in [3.8, 4) is 0 Å². The molecule has 0 fully saturated rings. The molecule has 120 valence electrons. The Morgan fingerprint density at radius 1 is 0.800 bits per heavy atom. The summed E-state index contributed by atoms with van der Waals surface area (Å²) in [6.45, 7) is 2.28. The zero-order chi connectivity index (χ0) is 14.9. The molecule has 0 aromatic carbocycles. The van der Waals surface area contributed by atoms with Crippen LogP contribution in [0.15, 0.2) is 0 Å². The van der Waals surface area contributed by atoms with Gasteiger partial charge in [-0.05, 0) is 0 Å². The molecule has 0 bridgehead atoms. The van der Waals surface area contributed by atoms with Crippen LogP contribution in [0, 0.1) is 0 Å². The number of rotatable bonds is 15. The number of methoxy groups -OCH3 is 1. The van der Waals surface area contributed by atoms with Crippen LogP contribution < -0.4 is 0 Å². The first-order chi connectivity index (χ1) is 9.81. The molecule has 0 N–H and O–H groups in total. The van der Waals surface area contributed by atoms with Gasteiger partial charge in [0, 0.05) is 0 Å². The Labute approximate surface area is 136 Å². The molecule has 0 heterocycles. The number of unbranched alkanes of at least 4 members (excludes halogenated alkanes) is 9. The molecule has 0 unspecified atom stereocenters. The van der Waals surface area contributed by atoms with Crippen LogP contribution in [0.3, 0.4) is 0 Å². The fourth-order valence-corrected chi connectivity index (χ4v) is 5.11. The van der Waals surface area contributed by atoms with Crippen molar-refractivity contribution in [1.82, 2.24) is 0 Å².